The standard InChI is InChI=1S/C14H16ClN3OS/c1-9(6-10-4-5-20-8-10)17-14(19)12-7-11(15)2-3-13(12)18-16/h2-5,7-9,18H,6,16H2,1H3,(H,17,19). The van der Waals surface area contributed by atoms with Crippen LogP contribution in [0.5, 0.6) is 0 Å². The highest BCUT2D eigenvalue weighted by atomic mass is 35.5. The third-order valence-corrected chi connectivity index (χ3v) is 3.85. The van der Waals surface area contributed by atoms with Gasteiger partial charge in [0.25, 0.3) is 5.91 Å². The van der Waals surface area contributed by atoms with E-state index >= 15 is 0 Å². The lowest BCUT2D eigenvalue weighted by Gasteiger charge is -2.15. The quantitative estimate of drug-likeness (QED) is 0.587. The van der Waals surface area contributed by atoms with E-state index < -0.39 is 0 Å². The number of hydrogen-bond acceptors (Lipinski definition) is 4. The molecular weight excluding hydrogens is 294 g/mol. The van der Waals surface area contributed by atoms with Gasteiger partial charge in [-0.3, -0.25) is 10.6 Å². The first-order valence-corrected chi connectivity index (χ1v) is 7.50. The van der Waals surface area contributed by atoms with Crippen LogP contribution < -0.4 is 16.6 Å². The van der Waals surface area contributed by atoms with E-state index in [0.29, 0.717) is 16.3 Å². The molecule has 0 saturated heterocycles. The Morgan fingerprint density at radius 1 is 1.45 bits per heavy atom. The van der Waals surface area contributed by atoms with Crippen molar-refractivity contribution < 1.29 is 4.79 Å². The molecule has 1 aromatic carbocycles. The number of carbonyl (C=O) groups is 1. The molecule has 4 N–H and O–H groups in total. The van der Waals surface area contributed by atoms with Gasteiger partial charge in [0.15, 0.2) is 0 Å². The monoisotopic (exact) mass is 309 g/mol. The lowest BCUT2D eigenvalue weighted by molar-refractivity contribution is 0.0941. The molecule has 106 valence electrons. The Morgan fingerprint density at radius 2 is 2.25 bits per heavy atom. The SMILES string of the molecule is CC(Cc1ccsc1)NC(=O)c1cc(Cl)ccc1NN. The Bertz CT molecular complexity index is 586. The molecule has 1 aromatic heterocycles. The van der Waals surface area contributed by atoms with Crippen molar-refractivity contribution in [3.63, 3.8) is 0 Å². The van der Waals surface area contributed by atoms with Gasteiger partial charge < -0.3 is 10.7 Å². The fourth-order valence-corrected chi connectivity index (χ4v) is 2.80. The number of halogens is 1. The number of hydrogen-bond donors (Lipinski definition) is 3. The number of hydrazine groups is 1. The predicted octanol–water partition coefficient (Wildman–Crippen LogP) is 3.05. The first-order chi connectivity index (χ1) is 9.60. The molecule has 1 atom stereocenters. The minimum Gasteiger partial charge on any atom is -0.349 e. The highest BCUT2D eigenvalue weighted by molar-refractivity contribution is 7.07. The summed E-state index contributed by atoms with van der Waals surface area (Å²) in [6.45, 7) is 1.97. The number of nitrogens with one attached hydrogen (secondary N) is 2. The summed E-state index contributed by atoms with van der Waals surface area (Å²) in [5, 5.41) is 7.55. The molecule has 4 nitrogen and oxygen atoms in total. The van der Waals surface area contributed by atoms with Crippen LogP contribution in [0.15, 0.2) is 35.0 Å². The molecular formula is C14H16ClN3OS. The van der Waals surface area contributed by atoms with Gasteiger partial charge in [0.05, 0.1) is 11.3 Å². The zero-order chi connectivity index (χ0) is 14.5. The van der Waals surface area contributed by atoms with Crippen LogP contribution >= 0.6 is 22.9 Å². The van der Waals surface area contributed by atoms with Crippen molar-refractivity contribution in [2.24, 2.45) is 5.84 Å². The molecule has 0 aliphatic rings. The summed E-state index contributed by atoms with van der Waals surface area (Å²) in [4.78, 5) is 12.3. The molecule has 0 bridgehead atoms. The average molecular weight is 310 g/mol. The number of benzene rings is 1. The number of nitrogen functional groups attached to an aromatic ring is 1. The van der Waals surface area contributed by atoms with E-state index in [-0.39, 0.29) is 11.9 Å². The van der Waals surface area contributed by atoms with Crippen molar-refractivity contribution in [2.45, 2.75) is 19.4 Å². The minimum atomic E-state index is -0.192. The molecule has 1 unspecified atom stereocenters. The smallest absolute Gasteiger partial charge is 0.253 e. The largest absolute Gasteiger partial charge is 0.349 e. The number of thiophene rings is 1. The fourth-order valence-electron chi connectivity index (χ4n) is 1.95. The molecule has 6 heteroatoms. The van der Waals surface area contributed by atoms with Gasteiger partial charge in [0.2, 0.25) is 0 Å². The summed E-state index contributed by atoms with van der Waals surface area (Å²) in [6, 6.07) is 7.05. The Kier molecular flexibility index (Phi) is 5.00. The fraction of sp³-hybridized carbons (Fsp3) is 0.214. The maximum atomic E-state index is 12.3. The van der Waals surface area contributed by atoms with E-state index in [2.05, 4.69) is 22.2 Å². The van der Waals surface area contributed by atoms with E-state index in [9.17, 15) is 4.79 Å². The second-order valence-electron chi connectivity index (χ2n) is 4.54. The molecule has 0 fully saturated rings. The molecule has 0 radical (unpaired) electrons. The first kappa shape index (κ1) is 14.8. The van der Waals surface area contributed by atoms with Crippen LogP contribution in [0.25, 0.3) is 0 Å². The van der Waals surface area contributed by atoms with Crippen molar-refractivity contribution in [2.75, 3.05) is 5.43 Å². The Labute approximate surface area is 126 Å². The van der Waals surface area contributed by atoms with Gasteiger partial charge in [-0.1, -0.05) is 11.6 Å². The topological polar surface area (TPSA) is 67.2 Å². The third kappa shape index (κ3) is 3.72. The maximum absolute atomic E-state index is 12.3. The highest BCUT2D eigenvalue weighted by Crippen LogP contribution is 2.20. The van der Waals surface area contributed by atoms with Crippen LogP contribution in [0.4, 0.5) is 5.69 Å². The van der Waals surface area contributed by atoms with Crippen LogP contribution in [0.2, 0.25) is 5.02 Å². The second kappa shape index (κ2) is 6.74. The summed E-state index contributed by atoms with van der Waals surface area (Å²) in [5.74, 6) is 5.22. The average Bonchev–Trinajstić information content (AvgIpc) is 2.91. The zero-order valence-electron chi connectivity index (χ0n) is 11.0. The summed E-state index contributed by atoms with van der Waals surface area (Å²) < 4.78 is 0. The molecule has 1 amide bonds. The summed E-state index contributed by atoms with van der Waals surface area (Å²) in [6.07, 6.45) is 0.793. The van der Waals surface area contributed by atoms with Gasteiger partial charge in [-0.25, -0.2) is 0 Å². The van der Waals surface area contributed by atoms with E-state index in [1.165, 1.54) is 5.56 Å². The number of nitrogens with two attached hydrogens (primary N) is 1. The van der Waals surface area contributed by atoms with Gasteiger partial charge >= 0.3 is 0 Å². The third-order valence-electron chi connectivity index (χ3n) is 2.88. The zero-order valence-corrected chi connectivity index (χ0v) is 12.6. The normalized spacial score (nSPS) is 11.9. The van der Waals surface area contributed by atoms with Gasteiger partial charge in [-0.05, 0) is 53.9 Å². The Balaban J connectivity index is 2.06. The van der Waals surface area contributed by atoms with Gasteiger partial charge in [0.1, 0.15) is 0 Å². The Hall–Kier alpha value is -1.56. The summed E-state index contributed by atoms with van der Waals surface area (Å²) >= 11 is 7.57. The van der Waals surface area contributed by atoms with E-state index in [4.69, 9.17) is 17.4 Å². The van der Waals surface area contributed by atoms with Crippen LogP contribution in [0, 0.1) is 0 Å². The minimum absolute atomic E-state index is 0.0294. The Morgan fingerprint density at radius 3 is 2.90 bits per heavy atom. The van der Waals surface area contributed by atoms with Gasteiger partial charge in [-0.15, -0.1) is 0 Å². The van der Waals surface area contributed by atoms with E-state index in [1.807, 2.05) is 12.3 Å². The van der Waals surface area contributed by atoms with E-state index in [0.717, 1.165) is 6.42 Å². The summed E-state index contributed by atoms with van der Waals surface area (Å²) in [5.41, 5.74) is 4.71. The molecule has 20 heavy (non-hydrogen) atoms. The molecule has 0 aliphatic heterocycles. The van der Waals surface area contributed by atoms with Crippen molar-refractivity contribution in [3.8, 4) is 0 Å². The molecule has 2 aromatic rings. The number of anilines is 1. The lowest BCUT2D eigenvalue weighted by Crippen LogP contribution is -2.34. The molecule has 0 aliphatic carbocycles. The van der Waals surface area contributed by atoms with Gasteiger partial charge in [0, 0.05) is 11.1 Å². The second-order valence-corrected chi connectivity index (χ2v) is 5.76. The van der Waals surface area contributed by atoms with Crippen molar-refractivity contribution >= 4 is 34.5 Å². The predicted molar refractivity (Wildman–Crippen MR) is 84.2 cm³/mol. The maximum Gasteiger partial charge on any atom is 0.253 e. The van der Waals surface area contributed by atoms with E-state index in [1.54, 1.807) is 29.5 Å². The lowest BCUT2D eigenvalue weighted by atomic mass is 10.1. The number of amides is 1. The first-order valence-electron chi connectivity index (χ1n) is 6.18. The van der Waals surface area contributed by atoms with Crippen LogP contribution in [-0.2, 0) is 6.42 Å². The van der Waals surface area contributed by atoms with Crippen molar-refractivity contribution in [1.29, 1.82) is 0 Å². The molecule has 0 saturated carbocycles. The highest BCUT2D eigenvalue weighted by Gasteiger charge is 2.14. The van der Waals surface area contributed by atoms with Crippen molar-refractivity contribution in [3.05, 3.63) is 51.2 Å². The van der Waals surface area contributed by atoms with Crippen molar-refractivity contribution in [1.82, 2.24) is 5.32 Å². The molecule has 1 heterocycles. The number of carbonyl (C=O) groups excluding carboxylic acids is 1. The van der Waals surface area contributed by atoms with Crippen LogP contribution in [0.3, 0.4) is 0 Å². The summed E-state index contributed by atoms with van der Waals surface area (Å²) in [7, 11) is 0. The number of rotatable bonds is 5. The van der Waals surface area contributed by atoms with Crippen LogP contribution in [0.1, 0.15) is 22.8 Å². The van der Waals surface area contributed by atoms with Gasteiger partial charge in [-0.2, -0.15) is 11.3 Å². The molecule has 0 spiro atoms. The van der Waals surface area contributed by atoms with Crippen LogP contribution in [-0.4, -0.2) is 11.9 Å². The molecule has 2 rings (SSSR count).